The zero-order chi connectivity index (χ0) is 34.7. The van der Waals surface area contributed by atoms with Gasteiger partial charge in [-0.3, -0.25) is 4.79 Å². The number of ether oxygens (including phenoxy) is 2. The smallest absolute Gasteiger partial charge is 0.312 e. The molecule has 4 saturated carbocycles. The Balaban J connectivity index is 1.47. The number of carbonyl (C=O) groups is 2. The van der Waals surface area contributed by atoms with Crippen LogP contribution in [0.1, 0.15) is 92.9 Å². The van der Waals surface area contributed by atoms with E-state index < -0.39 is 88.7 Å². The topological polar surface area (TPSA) is 194 Å². The van der Waals surface area contributed by atoms with Crippen LogP contribution in [-0.4, -0.2) is 104 Å². The number of aliphatic hydroxyl groups excluding tert-OH is 6. The van der Waals surface area contributed by atoms with E-state index in [1.54, 1.807) is 6.92 Å². The van der Waals surface area contributed by atoms with E-state index in [0.29, 0.717) is 44.9 Å². The van der Waals surface area contributed by atoms with Crippen molar-refractivity contribution in [2.45, 2.75) is 142 Å². The lowest BCUT2D eigenvalue weighted by atomic mass is 9.33. The van der Waals surface area contributed by atoms with E-state index in [0.717, 1.165) is 18.3 Å². The summed E-state index contributed by atoms with van der Waals surface area (Å²) in [5.74, 6) is -1.52. The second kappa shape index (κ2) is 11.3. The zero-order valence-electron chi connectivity index (χ0n) is 28.6. The fraction of sp³-hybridized carbons (Fsp3) is 0.889. The van der Waals surface area contributed by atoms with E-state index in [9.17, 15) is 45.3 Å². The first-order chi connectivity index (χ1) is 21.8. The molecule has 0 unspecified atom stereocenters. The molecule has 5 fully saturated rings. The standard InChI is InChI=1S/C36H56O11/c1-31(2)11-12-36(30(44)45)19(13-31)18-7-8-23-32(3)14-20(39)28(43)33(4,17-38)22(32)9-10-34(23,5)35(18,6)15-24(36)47-29-27(42)26(41)25(40)21(16-37)46-29/h7,17,19-29,37,39-43H,8-16H2,1-6H3,(H,44,45)/t19-,20-,21+,22+,23+,24+,25+,26-,27+,28-,29-,32-,33-,34+,35+,36+/m0/s1. The average Bonchev–Trinajstić information content (AvgIpc) is 3.00. The molecule has 0 aromatic rings. The van der Waals surface area contributed by atoms with Crippen molar-refractivity contribution in [2.24, 2.45) is 50.2 Å². The molecule has 47 heavy (non-hydrogen) atoms. The number of carboxylic acid groups (broad SMARTS) is 1. The number of fused-ring (bicyclic) bond motifs is 7. The second-order valence-corrected chi connectivity index (χ2v) is 17.8. The molecule has 1 heterocycles. The van der Waals surface area contributed by atoms with Gasteiger partial charge in [0.1, 0.15) is 36.1 Å². The lowest BCUT2D eigenvalue weighted by Crippen LogP contribution is -2.70. The molecule has 5 aliphatic carbocycles. The van der Waals surface area contributed by atoms with Gasteiger partial charge in [-0.2, -0.15) is 0 Å². The zero-order valence-corrected chi connectivity index (χ0v) is 28.6. The van der Waals surface area contributed by atoms with Crippen molar-refractivity contribution < 1.29 is 54.8 Å². The van der Waals surface area contributed by atoms with Gasteiger partial charge in [0.15, 0.2) is 6.29 Å². The number of aliphatic carboxylic acids is 1. The van der Waals surface area contributed by atoms with Crippen LogP contribution < -0.4 is 0 Å². The molecule has 11 heteroatoms. The Morgan fingerprint density at radius 1 is 0.936 bits per heavy atom. The Labute approximate surface area is 277 Å². The Morgan fingerprint density at radius 3 is 2.23 bits per heavy atom. The van der Waals surface area contributed by atoms with Gasteiger partial charge in [0.25, 0.3) is 0 Å². The van der Waals surface area contributed by atoms with Crippen molar-refractivity contribution in [3.63, 3.8) is 0 Å². The molecule has 16 atom stereocenters. The van der Waals surface area contributed by atoms with Crippen LogP contribution in [0.2, 0.25) is 0 Å². The quantitative estimate of drug-likeness (QED) is 0.168. The Morgan fingerprint density at radius 2 is 1.62 bits per heavy atom. The molecule has 0 aromatic heterocycles. The van der Waals surface area contributed by atoms with Gasteiger partial charge in [0.2, 0.25) is 0 Å². The van der Waals surface area contributed by atoms with Crippen LogP contribution in [0.25, 0.3) is 0 Å². The van der Waals surface area contributed by atoms with Crippen LogP contribution >= 0.6 is 0 Å². The predicted octanol–water partition coefficient (Wildman–Crippen LogP) is 2.18. The van der Waals surface area contributed by atoms with Gasteiger partial charge in [-0.05, 0) is 90.8 Å². The number of carboxylic acids is 1. The highest BCUT2D eigenvalue weighted by molar-refractivity contribution is 5.78. The molecule has 6 rings (SSSR count). The van der Waals surface area contributed by atoms with Crippen molar-refractivity contribution in [1.82, 2.24) is 0 Å². The number of hydrogen-bond acceptors (Lipinski definition) is 10. The maximum atomic E-state index is 13.6. The van der Waals surface area contributed by atoms with Gasteiger partial charge in [0, 0.05) is 0 Å². The molecule has 11 nitrogen and oxygen atoms in total. The van der Waals surface area contributed by atoms with Gasteiger partial charge < -0.3 is 50.0 Å². The molecule has 0 aromatic carbocycles. The van der Waals surface area contributed by atoms with Crippen LogP contribution in [0.3, 0.4) is 0 Å². The first-order valence-corrected chi connectivity index (χ1v) is 17.5. The van der Waals surface area contributed by atoms with E-state index in [2.05, 4.69) is 40.7 Å². The molecule has 0 amide bonds. The molecular formula is C36H56O11. The second-order valence-electron chi connectivity index (χ2n) is 17.8. The summed E-state index contributed by atoms with van der Waals surface area (Å²) in [5, 5.41) is 75.2. The molecule has 1 aliphatic heterocycles. The lowest BCUT2D eigenvalue weighted by Gasteiger charge is -2.72. The average molecular weight is 665 g/mol. The Hall–Kier alpha value is -1.44. The van der Waals surface area contributed by atoms with E-state index in [1.165, 1.54) is 0 Å². The first-order valence-electron chi connectivity index (χ1n) is 17.5. The molecular weight excluding hydrogens is 608 g/mol. The largest absolute Gasteiger partial charge is 0.481 e. The third-order valence-electron chi connectivity index (χ3n) is 15.1. The third kappa shape index (κ3) is 4.66. The van der Waals surface area contributed by atoms with Gasteiger partial charge in [-0.1, -0.05) is 53.2 Å². The number of aldehydes is 1. The van der Waals surface area contributed by atoms with Crippen LogP contribution in [0.5, 0.6) is 0 Å². The van der Waals surface area contributed by atoms with Crippen LogP contribution in [0, 0.1) is 50.2 Å². The summed E-state index contributed by atoms with van der Waals surface area (Å²) in [5.41, 5.74) is -2.97. The molecule has 266 valence electrons. The summed E-state index contributed by atoms with van der Waals surface area (Å²) in [4.78, 5) is 26.2. The van der Waals surface area contributed by atoms with E-state index >= 15 is 0 Å². The highest BCUT2D eigenvalue weighted by Crippen LogP contribution is 2.76. The number of carbonyl (C=O) groups excluding carboxylic acids is 1. The van der Waals surface area contributed by atoms with Crippen molar-refractivity contribution in [3.8, 4) is 0 Å². The minimum Gasteiger partial charge on any atom is -0.481 e. The first kappa shape index (κ1) is 35.4. The van der Waals surface area contributed by atoms with Crippen LogP contribution in [0.15, 0.2) is 11.6 Å². The maximum absolute atomic E-state index is 13.6. The number of allylic oxidation sites excluding steroid dienone is 2. The normalized spacial score (nSPS) is 55.4. The summed E-state index contributed by atoms with van der Waals surface area (Å²) >= 11 is 0. The summed E-state index contributed by atoms with van der Waals surface area (Å²) < 4.78 is 12.4. The van der Waals surface area contributed by atoms with E-state index in [-0.39, 0.29) is 23.2 Å². The van der Waals surface area contributed by atoms with Gasteiger partial charge in [-0.25, -0.2) is 0 Å². The van der Waals surface area contributed by atoms with Crippen molar-refractivity contribution in [3.05, 3.63) is 11.6 Å². The van der Waals surface area contributed by atoms with Gasteiger partial charge in [0.05, 0.1) is 30.3 Å². The number of aliphatic hydroxyl groups is 6. The molecule has 0 spiro atoms. The van der Waals surface area contributed by atoms with Crippen LogP contribution in [-0.2, 0) is 19.1 Å². The summed E-state index contributed by atoms with van der Waals surface area (Å²) in [6, 6.07) is 0. The molecule has 0 bridgehead atoms. The van der Waals surface area contributed by atoms with Crippen molar-refractivity contribution in [1.29, 1.82) is 0 Å². The summed E-state index contributed by atoms with van der Waals surface area (Å²) in [6.07, 6.45) is -3.34. The fourth-order valence-corrected chi connectivity index (χ4v) is 12.2. The molecule has 1 saturated heterocycles. The SMILES string of the molecule is CC1(C)CC[C@]2(C(=O)O)[C@H](O[C@@H]3O[C@H](CO)[C@@H](O)[C@H](O)[C@H]3O)C[C@]3(C)C(=CC[C@@H]4[C@@]5(C)C[C@H](O)[C@H](O)[C@@](C)(C=O)[C@@H]5CC[C@]43C)[C@@H]2C1. The third-order valence-corrected chi connectivity index (χ3v) is 15.1. The lowest BCUT2D eigenvalue weighted by molar-refractivity contribution is -0.330. The van der Waals surface area contributed by atoms with Crippen LogP contribution in [0.4, 0.5) is 0 Å². The molecule has 0 radical (unpaired) electrons. The number of hydrogen-bond donors (Lipinski definition) is 7. The Kier molecular flexibility index (Phi) is 8.50. The number of rotatable bonds is 5. The minimum absolute atomic E-state index is 0.00534. The molecule has 7 N–H and O–H groups in total. The highest BCUT2D eigenvalue weighted by Gasteiger charge is 2.73. The van der Waals surface area contributed by atoms with E-state index in [1.807, 2.05) is 0 Å². The highest BCUT2D eigenvalue weighted by atomic mass is 16.7. The van der Waals surface area contributed by atoms with Gasteiger partial charge in [-0.15, -0.1) is 0 Å². The summed E-state index contributed by atoms with van der Waals surface area (Å²) in [6.45, 7) is 12.1. The Bertz CT molecular complexity index is 1300. The van der Waals surface area contributed by atoms with Crippen molar-refractivity contribution >= 4 is 12.3 Å². The van der Waals surface area contributed by atoms with E-state index in [4.69, 9.17) is 9.47 Å². The summed E-state index contributed by atoms with van der Waals surface area (Å²) in [7, 11) is 0. The monoisotopic (exact) mass is 664 g/mol. The fourth-order valence-electron chi connectivity index (χ4n) is 12.2. The molecule has 6 aliphatic rings. The van der Waals surface area contributed by atoms with Crippen molar-refractivity contribution in [2.75, 3.05) is 6.61 Å². The predicted molar refractivity (Wildman–Crippen MR) is 168 cm³/mol. The maximum Gasteiger partial charge on any atom is 0.312 e. The minimum atomic E-state index is -1.66. The van der Waals surface area contributed by atoms with Gasteiger partial charge >= 0.3 is 5.97 Å².